The molecule has 0 atom stereocenters. The maximum absolute atomic E-state index is 13.6. The summed E-state index contributed by atoms with van der Waals surface area (Å²) in [7, 11) is 0. The molecule has 2 amide bonds. The lowest BCUT2D eigenvalue weighted by molar-refractivity contribution is 0.0843. The number of benzene rings is 2. The van der Waals surface area contributed by atoms with Crippen LogP contribution < -0.4 is 16.4 Å². The molecule has 0 fully saturated rings. The first-order valence-corrected chi connectivity index (χ1v) is 8.29. The number of hydrazine groups is 1. The fraction of sp³-hybridized carbons (Fsp3) is 0.158. The maximum Gasteiger partial charge on any atom is 0.290 e. The van der Waals surface area contributed by atoms with Crippen LogP contribution in [-0.4, -0.2) is 21.6 Å². The highest BCUT2D eigenvalue weighted by molar-refractivity contribution is 6.06. The third-order valence-electron chi connectivity index (χ3n) is 4.11. The molecule has 0 unspecified atom stereocenters. The highest BCUT2D eigenvalue weighted by Gasteiger charge is 2.17. The number of fused-ring (bicyclic) bond motifs is 1. The average molecular weight is 368 g/mol. The van der Waals surface area contributed by atoms with Crippen LogP contribution in [-0.2, 0) is 6.54 Å². The van der Waals surface area contributed by atoms with Gasteiger partial charge in [-0.05, 0) is 37.6 Å². The van der Waals surface area contributed by atoms with E-state index >= 15 is 0 Å². The second kappa shape index (κ2) is 7.36. The van der Waals surface area contributed by atoms with E-state index in [0.29, 0.717) is 22.9 Å². The molecule has 0 saturated heterocycles. The van der Waals surface area contributed by atoms with Crippen molar-refractivity contribution in [2.45, 2.75) is 20.4 Å². The molecule has 1 heterocycles. The SMILES string of the molecule is CCn1nc(C(=O)NNC(=O)c2ccc(C)c(F)c2)c2ccccc2c1=O. The lowest BCUT2D eigenvalue weighted by atomic mass is 10.1. The number of carbonyl (C=O) groups excluding carboxylic acids is 2. The minimum absolute atomic E-state index is 0.00226. The predicted molar refractivity (Wildman–Crippen MR) is 97.7 cm³/mol. The van der Waals surface area contributed by atoms with Gasteiger partial charge in [-0.2, -0.15) is 5.10 Å². The highest BCUT2D eigenvalue weighted by atomic mass is 19.1. The van der Waals surface area contributed by atoms with Crippen molar-refractivity contribution >= 4 is 22.6 Å². The van der Waals surface area contributed by atoms with Crippen LogP contribution in [0.2, 0.25) is 0 Å². The monoisotopic (exact) mass is 368 g/mol. The number of halogens is 1. The van der Waals surface area contributed by atoms with Gasteiger partial charge in [0.15, 0.2) is 5.69 Å². The number of carbonyl (C=O) groups is 2. The fourth-order valence-corrected chi connectivity index (χ4v) is 2.60. The van der Waals surface area contributed by atoms with Gasteiger partial charge in [-0.25, -0.2) is 9.07 Å². The van der Waals surface area contributed by atoms with E-state index in [1.165, 1.54) is 16.8 Å². The molecule has 3 aromatic rings. The standard InChI is InChI=1S/C19H17FN4O3/c1-3-24-19(27)14-7-5-4-6-13(14)16(23-24)18(26)22-21-17(25)12-9-8-11(2)15(20)10-12/h4-10H,3H2,1-2H3,(H,21,25)(H,22,26). The topological polar surface area (TPSA) is 93.1 Å². The van der Waals surface area contributed by atoms with Gasteiger partial charge < -0.3 is 0 Å². The Kier molecular flexibility index (Phi) is 4.98. The quantitative estimate of drug-likeness (QED) is 0.691. The summed E-state index contributed by atoms with van der Waals surface area (Å²) in [4.78, 5) is 36.9. The average Bonchev–Trinajstić information content (AvgIpc) is 2.68. The number of aryl methyl sites for hydroxylation is 2. The lowest BCUT2D eigenvalue weighted by Crippen LogP contribution is -2.42. The minimum atomic E-state index is -0.686. The molecule has 0 bridgehead atoms. The van der Waals surface area contributed by atoms with Crippen LogP contribution in [0.25, 0.3) is 10.8 Å². The molecule has 0 spiro atoms. The van der Waals surface area contributed by atoms with E-state index in [2.05, 4.69) is 16.0 Å². The number of aromatic nitrogens is 2. The van der Waals surface area contributed by atoms with Crippen molar-refractivity contribution in [3.63, 3.8) is 0 Å². The van der Waals surface area contributed by atoms with Crippen molar-refractivity contribution in [2.24, 2.45) is 0 Å². The normalized spacial score (nSPS) is 10.6. The number of nitrogens with zero attached hydrogens (tertiary/aromatic N) is 2. The van der Waals surface area contributed by atoms with E-state index in [1.807, 2.05) is 0 Å². The van der Waals surface area contributed by atoms with E-state index in [1.54, 1.807) is 38.1 Å². The molecule has 138 valence electrons. The Hall–Kier alpha value is -3.55. The lowest BCUT2D eigenvalue weighted by Gasteiger charge is -2.11. The first-order chi connectivity index (χ1) is 12.9. The summed E-state index contributed by atoms with van der Waals surface area (Å²) in [6.07, 6.45) is 0. The zero-order valence-electron chi connectivity index (χ0n) is 14.7. The van der Waals surface area contributed by atoms with Gasteiger partial charge in [-0.15, -0.1) is 0 Å². The van der Waals surface area contributed by atoms with Gasteiger partial charge in [0.1, 0.15) is 5.82 Å². The number of hydrogen-bond donors (Lipinski definition) is 2. The third-order valence-corrected chi connectivity index (χ3v) is 4.11. The van der Waals surface area contributed by atoms with Crippen molar-refractivity contribution < 1.29 is 14.0 Å². The van der Waals surface area contributed by atoms with Crippen LogP contribution >= 0.6 is 0 Å². The Morgan fingerprint density at radius 3 is 2.41 bits per heavy atom. The predicted octanol–water partition coefficient (Wildman–Crippen LogP) is 1.94. The number of nitrogens with one attached hydrogen (secondary N) is 2. The van der Waals surface area contributed by atoms with Crippen LogP contribution in [0.4, 0.5) is 4.39 Å². The number of rotatable bonds is 3. The first kappa shape index (κ1) is 18.2. The van der Waals surface area contributed by atoms with Gasteiger partial charge in [0.05, 0.1) is 5.39 Å². The van der Waals surface area contributed by atoms with Gasteiger partial charge in [0.2, 0.25) is 0 Å². The largest absolute Gasteiger partial charge is 0.290 e. The van der Waals surface area contributed by atoms with E-state index in [-0.39, 0.29) is 16.8 Å². The second-order valence-electron chi connectivity index (χ2n) is 5.89. The molecule has 1 aromatic heterocycles. The molecule has 2 aromatic carbocycles. The van der Waals surface area contributed by atoms with Crippen LogP contribution in [0.5, 0.6) is 0 Å². The molecular formula is C19H17FN4O3. The Balaban J connectivity index is 1.86. The molecule has 7 nitrogen and oxygen atoms in total. The summed E-state index contributed by atoms with van der Waals surface area (Å²) >= 11 is 0. The Morgan fingerprint density at radius 2 is 1.74 bits per heavy atom. The zero-order valence-corrected chi connectivity index (χ0v) is 14.7. The number of amides is 2. The maximum atomic E-state index is 13.6. The molecule has 8 heteroatoms. The molecule has 0 radical (unpaired) electrons. The molecule has 3 rings (SSSR count). The number of hydrogen-bond acceptors (Lipinski definition) is 4. The summed E-state index contributed by atoms with van der Waals surface area (Å²) in [5.74, 6) is -1.87. The Bertz CT molecular complexity index is 1110. The van der Waals surface area contributed by atoms with Crippen LogP contribution in [0.3, 0.4) is 0 Å². The molecule has 27 heavy (non-hydrogen) atoms. The summed E-state index contributed by atoms with van der Waals surface area (Å²) in [5, 5.41) is 4.80. The second-order valence-corrected chi connectivity index (χ2v) is 5.89. The van der Waals surface area contributed by atoms with Gasteiger partial charge in [-0.3, -0.25) is 25.2 Å². The Morgan fingerprint density at radius 1 is 1.07 bits per heavy atom. The molecule has 0 aliphatic rings. The summed E-state index contributed by atoms with van der Waals surface area (Å²) < 4.78 is 14.8. The fourth-order valence-electron chi connectivity index (χ4n) is 2.60. The van der Waals surface area contributed by atoms with Crippen LogP contribution in [0.1, 0.15) is 33.3 Å². The van der Waals surface area contributed by atoms with E-state index in [9.17, 15) is 18.8 Å². The summed E-state index contributed by atoms with van der Waals surface area (Å²) in [6.45, 7) is 3.61. The summed E-state index contributed by atoms with van der Waals surface area (Å²) in [6, 6.07) is 10.6. The minimum Gasteiger partial charge on any atom is -0.267 e. The van der Waals surface area contributed by atoms with E-state index < -0.39 is 17.6 Å². The van der Waals surface area contributed by atoms with Crippen molar-refractivity contribution in [3.8, 4) is 0 Å². The van der Waals surface area contributed by atoms with E-state index in [4.69, 9.17) is 0 Å². The van der Waals surface area contributed by atoms with Crippen molar-refractivity contribution in [1.29, 1.82) is 0 Å². The Labute approximate surface area is 153 Å². The van der Waals surface area contributed by atoms with Crippen LogP contribution in [0.15, 0.2) is 47.3 Å². The molecule has 0 aliphatic carbocycles. The van der Waals surface area contributed by atoms with E-state index in [0.717, 1.165) is 6.07 Å². The van der Waals surface area contributed by atoms with Gasteiger partial charge in [-0.1, -0.05) is 24.3 Å². The molecule has 0 aliphatic heterocycles. The van der Waals surface area contributed by atoms with Crippen LogP contribution in [0, 0.1) is 12.7 Å². The smallest absolute Gasteiger partial charge is 0.267 e. The third kappa shape index (κ3) is 3.55. The molecule has 0 saturated carbocycles. The first-order valence-electron chi connectivity index (χ1n) is 8.29. The van der Waals surface area contributed by atoms with Crippen molar-refractivity contribution in [3.05, 3.63) is 75.5 Å². The summed E-state index contributed by atoms with van der Waals surface area (Å²) in [5.41, 5.74) is 4.66. The van der Waals surface area contributed by atoms with Gasteiger partial charge in [0, 0.05) is 17.5 Å². The van der Waals surface area contributed by atoms with Crippen molar-refractivity contribution in [1.82, 2.24) is 20.6 Å². The molecular weight excluding hydrogens is 351 g/mol. The van der Waals surface area contributed by atoms with Gasteiger partial charge >= 0.3 is 0 Å². The molecule has 2 N–H and O–H groups in total. The van der Waals surface area contributed by atoms with Gasteiger partial charge in [0.25, 0.3) is 17.4 Å². The zero-order chi connectivity index (χ0) is 19.6. The highest BCUT2D eigenvalue weighted by Crippen LogP contribution is 2.13. The van der Waals surface area contributed by atoms with Crippen molar-refractivity contribution in [2.75, 3.05) is 0 Å².